The Balaban J connectivity index is 1.59. The van der Waals surface area contributed by atoms with Gasteiger partial charge < -0.3 is 24.7 Å². The van der Waals surface area contributed by atoms with Gasteiger partial charge >= 0.3 is 11.0 Å². The molecular formula is C22H20ClF3N6O5S. The lowest BCUT2D eigenvalue weighted by Gasteiger charge is -2.43. The lowest BCUT2D eigenvalue weighted by Crippen LogP contribution is -2.53. The van der Waals surface area contributed by atoms with Crippen LogP contribution in [0.3, 0.4) is 0 Å². The molecule has 202 valence electrons. The van der Waals surface area contributed by atoms with E-state index in [1.54, 1.807) is 5.38 Å². The highest BCUT2D eigenvalue weighted by Gasteiger charge is 2.49. The van der Waals surface area contributed by atoms with Gasteiger partial charge in [-0.2, -0.15) is 18.3 Å². The standard InChI is InChI=1S/C22H20ClF3N6O5S/c1-36-20-17(31-7-12(29-30-31)13-9-38-21(35)28-13)18(34)16(8-33)37-19(20)14-4-5-27-32(14)15-6-10(23)2-3-11(15)22(24,25)26/h2-7,9,16-20,33-34H,8H2,1H3,(H,28,35)/t16-,17+,18+,19+,20-/m1/s1. The third-order valence-electron chi connectivity index (χ3n) is 6.21. The van der Waals surface area contributed by atoms with Gasteiger partial charge in [-0.05, 0) is 24.3 Å². The maximum Gasteiger partial charge on any atom is 0.418 e. The van der Waals surface area contributed by atoms with Gasteiger partial charge in [0, 0.05) is 23.7 Å². The second-order valence-electron chi connectivity index (χ2n) is 8.43. The molecule has 5 atom stereocenters. The number of alkyl halides is 3. The van der Waals surface area contributed by atoms with E-state index >= 15 is 0 Å². The number of aromatic amines is 1. The predicted molar refractivity (Wildman–Crippen MR) is 128 cm³/mol. The SMILES string of the molecule is CO[C@@H]1[C@@H](n2cc(-c3csc(=O)[nH]3)nn2)[C@@H](O)[C@@H](CO)O[C@H]1c1ccnn1-c1cc(Cl)ccc1C(F)(F)F. The smallest absolute Gasteiger partial charge is 0.394 e. The number of benzene rings is 1. The van der Waals surface area contributed by atoms with Crippen molar-refractivity contribution in [2.45, 2.75) is 36.6 Å². The number of nitrogens with one attached hydrogen (secondary N) is 1. The highest BCUT2D eigenvalue weighted by Crippen LogP contribution is 2.42. The summed E-state index contributed by atoms with van der Waals surface area (Å²) in [6, 6.07) is 3.57. The van der Waals surface area contributed by atoms with Crippen LogP contribution in [0.25, 0.3) is 17.1 Å². The third kappa shape index (κ3) is 4.76. The predicted octanol–water partition coefficient (Wildman–Crippen LogP) is 2.60. The number of thiazole rings is 1. The van der Waals surface area contributed by atoms with Crippen molar-refractivity contribution in [1.82, 2.24) is 29.8 Å². The number of methoxy groups -OCH3 is 1. The number of ether oxygens (including phenoxy) is 2. The minimum absolute atomic E-state index is 0.0606. The fourth-order valence-electron chi connectivity index (χ4n) is 4.50. The molecule has 38 heavy (non-hydrogen) atoms. The molecule has 1 aliphatic rings. The van der Waals surface area contributed by atoms with Crippen LogP contribution >= 0.6 is 22.9 Å². The molecule has 4 aromatic rings. The van der Waals surface area contributed by atoms with E-state index in [1.165, 1.54) is 30.3 Å². The van der Waals surface area contributed by atoms with E-state index in [1.807, 2.05) is 0 Å². The molecule has 5 rings (SSSR count). The van der Waals surface area contributed by atoms with Crippen LogP contribution in [0.2, 0.25) is 5.02 Å². The molecule has 0 amide bonds. The van der Waals surface area contributed by atoms with Crippen LogP contribution in [-0.2, 0) is 15.7 Å². The van der Waals surface area contributed by atoms with Crippen molar-refractivity contribution in [3.8, 4) is 17.1 Å². The Morgan fingerprint density at radius 2 is 2.11 bits per heavy atom. The van der Waals surface area contributed by atoms with Gasteiger partial charge in [-0.15, -0.1) is 5.10 Å². The largest absolute Gasteiger partial charge is 0.418 e. The van der Waals surface area contributed by atoms with Gasteiger partial charge in [-0.25, -0.2) is 9.36 Å². The van der Waals surface area contributed by atoms with Crippen LogP contribution < -0.4 is 4.87 Å². The Hall–Kier alpha value is -3.08. The molecule has 11 nitrogen and oxygen atoms in total. The Bertz CT molecular complexity index is 1490. The molecule has 16 heteroatoms. The van der Waals surface area contributed by atoms with Gasteiger partial charge in [0.1, 0.15) is 36.2 Å². The fraction of sp³-hybridized carbons (Fsp3) is 0.364. The van der Waals surface area contributed by atoms with Gasteiger partial charge in [0.05, 0.1) is 35.4 Å². The van der Waals surface area contributed by atoms with E-state index in [0.717, 1.165) is 34.2 Å². The molecular weight excluding hydrogens is 553 g/mol. The maximum atomic E-state index is 13.8. The summed E-state index contributed by atoms with van der Waals surface area (Å²) in [5.41, 5.74) is -0.431. The van der Waals surface area contributed by atoms with Crippen LogP contribution in [0.4, 0.5) is 13.2 Å². The minimum Gasteiger partial charge on any atom is -0.394 e. The van der Waals surface area contributed by atoms with Crippen LogP contribution in [0, 0.1) is 0 Å². The summed E-state index contributed by atoms with van der Waals surface area (Å²) in [4.78, 5) is 13.9. The summed E-state index contributed by atoms with van der Waals surface area (Å²) in [6.45, 7) is -0.608. The molecule has 3 N–H and O–H groups in total. The molecule has 0 aliphatic carbocycles. The highest BCUT2D eigenvalue weighted by molar-refractivity contribution is 7.07. The normalized spacial score (nSPS) is 24.1. The highest BCUT2D eigenvalue weighted by atomic mass is 35.5. The molecule has 1 aromatic carbocycles. The second kappa shape index (κ2) is 10.2. The Morgan fingerprint density at radius 3 is 2.76 bits per heavy atom. The lowest BCUT2D eigenvalue weighted by atomic mass is 9.90. The minimum atomic E-state index is -4.71. The zero-order valence-electron chi connectivity index (χ0n) is 19.4. The number of nitrogens with zero attached hydrogens (tertiary/aromatic N) is 5. The summed E-state index contributed by atoms with van der Waals surface area (Å²) in [7, 11) is 1.34. The van der Waals surface area contributed by atoms with Crippen molar-refractivity contribution in [2.24, 2.45) is 0 Å². The van der Waals surface area contributed by atoms with Crippen LogP contribution in [-0.4, -0.2) is 72.0 Å². The van der Waals surface area contributed by atoms with E-state index in [-0.39, 0.29) is 21.3 Å². The van der Waals surface area contributed by atoms with Gasteiger partial charge in [-0.3, -0.25) is 4.79 Å². The third-order valence-corrected chi connectivity index (χ3v) is 7.11. The number of aromatic nitrogens is 6. The first-order valence-electron chi connectivity index (χ1n) is 11.1. The van der Waals surface area contributed by atoms with Crippen molar-refractivity contribution >= 4 is 22.9 Å². The van der Waals surface area contributed by atoms with Crippen molar-refractivity contribution in [3.05, 3.63) is 68.0 Å². The Kier molecular flexibility index (Phi) is 7.15. The Labute approximate surface area is 221 Å². The van der Waals surface area contributed by atoms with E-state index in [2.05, 4.69) is 20.4 Å². The monoisotopic (exact) mass is 572 g/mol. The first kappa shape index (κ1) is 26.5. The van der Waals surface area contributed by atoms with Crippen molar-refractivity contribution in [3.63, 3.8) is 0 Å². The summed E-state index contributed by atoms with van der Waals surface area (Å²) in [6.07, 6.45) is -6.57. The molecule has 0 bridgehead atoms. The van der Waals surface area contributed by atoms with Gasteiger partial charge in [0.25, 0.3) is 0 Å². The molecule has 1 saturated heterocycles. The van der Waals surface area contributed by atoms with Crippen LogP contribution in [0.15, 0.2) is 46.8 Å². The zero-order valence-corrected chi connectivity index (χ0v) is 21.0. The van der Waals surface area contributed by atoms with E-state index < -0.39 is 48.8 Å². The van der Waals surface area contributed by atoms with Crippen molar-refractivity contribution in [2.75, 3.05) is 13.7 Å². The average molecular weight is 573 g/mol. The van der Waals surface area contributed by atoms with E-state index in [9.17, 15) is 28.2 Å². The zero-order chi connectivity index (χ0) is 27.2. The molecule has 1 aliphatic heterocycles. The number of aliphatic hydroxyl groups is 2. The summed E-state index contributed by atoms with van der Waals surface area (Å²) >= 11 is 6.97. The molecule has 0 radical (unpaired) electrons. The van der Waals surface area contributed by atoms with Crippen LogP contribution in [0.5, 0.6) is 0 Å². The molecule has 0 saturated carbocycles. The summed E-state index contributed by atoms with van der Waals surface area (Å²) in [5.74, 6) is 0. The number of aliphatic hydroxyl groups excluding tert-OH is 2. The number of rotatable bonds is 6. The Morgan fingerprint density at radius 1 is 1.32 bits per heavy atom. The number of H-pyrrole nitrogens is 1. The average Bonchev–Trinajstić information content (AvgIpc) is 3.63. The quantitative estimate of drug-likeness (QED) is 0.320. The summed E-state index contributed by atoms with van der Waals surface area (Å²) < 4.78 is 55.5. The first-order chi connectivity index (χ1) is 18.1. The topological polar surface area (TPSA) is 140 Å². The molecule has 4 heterocycles. The number of halogens is 4. The van der Waals surface area contributed by atoms with Crippen molar-refractivity contribution in [1.29, 1.82) is 0 Å². The lowest BCUT2D eigenvalue weighted by molar-refractivity contribution is -0.216. The van der Waals surface area contributed by atoms with Gasteiger partial charge in [0.2, 0.25) is 0 Å². The molecule has 1 fully saturated rings. The van der Waals surface area contributed by atoms with Gasteiger partial charge in [-0.1, -0.05) is 28.2 Å². The number of hydrogen-bond acceptors (Lipinski definition) is 9. The van der Waals surface area contributed by atoms with E-state index in [4.69, 9.17) is 21.1 Å². The van der Waals surface area contributed by atoms with E-state index in [0.29, 0.717) is 11.4 Å². The summed E-state index contributed by atoms with van der Waals surface area (Å²) in [5, 5.41) is 34.9. The second-order valence-corrected chi connectivity index (χ2v) is 9.71. The van der Waals surface area contributed by atoms with Gasteiger partial charge in [0.15, 0.2) is 0 Å². The molecule has 0 spiro atoms. The molecule has 3 aromatic heterocycles. The van der Waals surface area contributed by atoms with Crippen molar-refractivity contribution < 1.29 is 32.9 Å². The number of hydrogen-bond donors (Lipinski definition) is 3. The molecule has 0 unspecified atom stereocenters. The fourth-order valence-corrected chi connectivity index (χ4v) is 5.24. The first-order valence-corrected chi connectivity index (χ1v) is 12.4. The van der Waals surface area contributed by atoms with Crippen LogP contribution in [0.1, 0.15) is 23.4 Å². The maximum absolute atomic E-state index is 13.8.